The molecule has 0 aromatic heterocycles. The Balaban J connectivity index is 2.66. The van der Waals surface area contributed by atoms with Gasteiger partial charge in [0.2, 0.25) is 10.0 Å². The molecule has 3 atom stereocenters. The fraction of sp³-hybridized carbons (Fsp3) is 0.818. The van der Waals surface area contributed by atoms with Gasteiger partial charge in [-0.3, -0.25) is 0 Å². The molecule has 1 aliphatic rings. The van der Waals surface area contributed by atoms with Crippen molar-refractivity contribution in [3.63, 3.8) is 0 Å². The minimum absolute atomic E-state index is 0.00306. The van der Waals surface area contributed by atoms with Gasteiger partial charge in [0.05, 0.1) is 11.4 Å². The van der Waals surface area contributed by atoms with Crippen LogP contribution in [-0.4, -0.2) is 26.4 Å². The van der Waals surface area contributed by atoms with Crippen molar-refractivity contribution in [3.05, 3.63) is 12.7 Å². The number of ether oxygens (including phenoxy) is 1. The lowest BCUT2D eigenvalue weighted by Gasteiger charge is -2.23. The zero-order chi connectivity index (χ0) is 12.2. The van der Waals surface area contributed by atoms with E-state index in [9.17, 15) is 8.42 Å². The lowest BCUT2D eigenvalue weighted by Crippen LogP contribution is -2.36. The number of rotatable bonds is 6. The molecule has 1 rings (SSSR count). The van der Waals surface area contributed by atoms with Gasteiger partial charge < -0.3 is 4.74 Å². The molecule has 0 amide bonds. The SMILES string of the molecule is C=CCC(C)C(C[C@H]1CCCO1)S(N)(=O)=O. The first kappa shape index (κ1) is 13.7. The van der Waals surface area contributed by atoms with Crippen molar-refractivity contribution < 1.29 is 13.2 Å². The highest BCUT2D eigenvalue weighted by Gasteiger charge is 2.31. The van der Waals surface area contributed by atoms with E-state index >= 15 is 0 Å². The van der Waals surface area contributed by atoms with E-state index < -0.39 is 15.3 Å². The molecule has 0 bridgehead atoms. The molecule has 94 valence electrons. The summed E-state index contributed by atoms with van der Waals surface area (Å²) < 4.78 is 28.5. The van der Waals surface area contributed by atoms with Crippen LogP contribution in [0.5, 0.6) is 0 Å². The number of hydrogen-bond acceptors (Lipinski definition) is 3. The molecule has 1 aliphatic heterocycles. The number of hydrogen-bond donors (Lipinski definition) is 1. The average molecular weight is 247 g/mol. The molecular weight excluding hydrogens is 226 g/mol. The van der Waals surface area contributed by atoms with Crippen LogP contribution in [0, 0.1) is 5.92 Å². The van der Waals surface area contributed by atoms with Crippen LogP contribution in [0.25, 0.3) is 0 Å². The van der Waals surface area contributed by atoms with Crippen molar-refractivity contribution in [2.45, 2.75) is 44.0 Å². The molecule has 4 nitrogen and oxygen atoms in total. The van der Waals surface area contributed by atoms with Crippen LogP contribution in [0.15, 0.2) is 12.7 Å². The minimum Gasteiger partial charge on any atom is -0.378 e. The molecule has 1 heterocycles. The standard InChI is InChI=1S/C11H21NO3S/c1-3-5-9(2)11(16(12,13)14)8-10-6-4-7-15-10/h3,9-11H,1,4-8H2,2H3,(H2,12,13,14)/t9?,10-,11?/m1/s1. The molecule has 0 aromatic rings. The van der Waals surface area contributed by atoms with Crippen molar-refractivity contribution in [3.8, 4) is 0 Å². The van der Waals surface area contributed by atoms with Crippen molar-refractivity contribution in [1.82, 2.24) is 0 Å². The van der Waals surface area contributed by atoms with E-state index in [1.807, 2.05) is 6.92 Å². The smallest absolute Gasteiger partial charge is 0.212 e. The van der Waals surface area contributed by atoms with E-state index in [0.717, 1.165) is 19.4 Å². The Morgan fingerprint density at radius 3 is 2.75 bits per heavy atom. The van der Waals surface area contributed by atoms with Gasteiger partial charge in [0.25, 0.3) is 0 Å². The number of primary sulfonamides is 1. The maximum atomic E-state index is 11.5. The Labute approximate surface area is 97.9 Å². The predicted octanol–water partition coefficient (Wildman–Crippen LogP) is 1.42. The third kappa shape index (κ3) is 3.88. The molecule has 16 heavy (non-hydrogen) atoms. The lowest BCUT2D eigenvalue weighted by atomic mass is 9.98. The molecule has 0 radical (unpaired) electrons. The molecule has 1 fully saturated rings. The van der Waals surface area contributed by atoms with E-state index in [0.29, 0.717) is 12.8 Å². The van der Waals surface area contributed by atoms with Crippen molar-refractivity contribution in [2.75, 3.05) is 6.61 Å². The molecule has 0 aromatic carbocycles. The maximum absolute atomic E-state index is 11.5. The molecule has 1 saturated heterocycles. The molecule has 2 N–H and O–H groups in total. The highest BCUT2D eigenvalue weighted by molar-refractivity contribution is 7.89. The third-order valence-electron chi connectivity index (χ3n) is 3.11. The van der Waals surface area contributed by atoms with Crippen LogP contribution in [0.1, 0.15) is 32.6 Å². The van der Waals surface area contributed by atoms with Gasteiger partial charge in [-0.1, -0.05) is 13.0 Å². The second-order valence-corrected chi connectivity index (χ2v) is 6.28. The summed E-state index contributed by atoms with van der Waals surface area (Å²) >= 11 is 0. The fourth-order valence-corrected chi connectivity index (χ4v) is 3.44. The Morgan fingerprint density at radius 1 is 1.62 bits per heavy atom. The van der Waals surface area contributed by atoms with E-state index in [2.05, 4.69) is 6.58 Å². The van der Waals surface area contributed by atoms with E-state index in [4.69, 9.17) is 9.88 Å². The second kappa shape index (κ2) is 5.80. The Bertz CT molecular complexity index is 320. The molecule has 2 unspecified atom stereocenters. The quantitative estimate of drug-likeness (QED) is 0.722. The normalized spacial score (nSPS) is 25.2. The van der Waals surface area contributed by atoms with Gasteiger partial charge in [0.1, 0.15) is 0 Å². The van der Waals surface area contributed by atoms with Gasteiger partial charge in [0.15, 0.2) is 0 Å². The van der Waals surface area contributed by atoms with Crippen molar-refractivity contribution in [2.24, 2.45) is 11.1 Å². The third-order valence-corrected chi connectivity index (χ3v) is 4.62. The topological polar surface area (TPSA) is 69.4 Å². The van der Waals surface area contributed by atoms with E-state index in [-0.39, 0.29) is 12.0 Å². The summed E-state index contributed by atoms with van der Waals surface area (Å²) in [6.07, 6.45) is 4.90. The summed E-state index contributed by atoms with van der Waals surface area (Å²) in [6.45, 7) is 6.26. The monoisotopic (exact) mass is 247 g/mol. The van der Waals surface area contributed by atoms with Gasteiger partial charge in [-0.05, 0) is 31.6 Å². The van der Waals surface area contributed by atoms with Gasteiger partial charge in [-0.15, -0.1) is 6.58 Å². The molecular formula is C11H21NO3S. The second-order valence-electron chi connectivity index (χ2n) is 4.50. The summed E-state index contributed by atoms with van der Waals surface area (Å²) in [5.41, 5.74) is 0. The molecule has 0 spiro atoms. The summed E-state index contributed by atoms with van der Waals surface area (Å²) in [6, 6.07) is 0. The zero-order valence-corrected chi connectivity index (χ0v) is 10.6. The summed E-state index contributed by atoms with van der Waals surface area (Å²) in [7, 11) is -3.50. The number of allylic oxidation sites excluding steroid dienone is 1. The van der Waals surface area contributed by atoms with Gasteiger partial charge in [-0.2, -0.15) is 0 Å². The molecule has 0 saturated carbocycles. The van der Waals surface area contributed by atoms with Crippen molar-refractivity contribution >= 4 is 10.0 Å². The maximum Gasteiger partial charge on any atom is 0.212 e. The summed E-state index contributed by atoms with van der Waals surface area (Å²) in [4.78, 5) is 0. The summed E-state index contributed by atoms with van der Waals surface area (Å²) in [5, 5.41) is 4.75. The van der Waals surface area contributed by atoms with Gasteiger partial charge in [0, 0.05) is 6.61 Å². The first-order valence-electron chi connectivity index (χ1n) is 5.69. The van der Waals surface area contributed by atoms with Crippen LogP contribution in [0.4, 0.5) is 0 Å². The van der Waals surface area contributed by atoms with E-state index in [1.54, 1.807) is 6.08 Å². The minimum atomic E-state index is -3.50. The number of nitrogens with two attached hydrogens (primary N) is 1. The first-order chi connectivity index (χ1) is 7.45. The highest BCUT2D eigenvalue weighted by Crippen LogP contribution is 2.25. The highest BCUT2D eigenvalue weighted by atomic mass is 32.2. The fourth-order valence-electron chi connectivity index (χ4n) is 2.19. The van der Waals surface area contributed by atoms with Gasteiger partial charge >= 0.3 is 0 Å². The first-order valence-corrected chi connectivity index (χ1v) is 7.30. The Kier molecular flexibility index (Phi) is 4.95. The van der Waals surface area contributed by atoms with Gasteiger partial charge in [-0.25, -0.2) is 13.6 Å². The lowest BCUT2D eigenvalue weighted by molar-refractivity contribution is 0.0996. The summed E-state index contributed by atoms with van der Waals surface area (Å²) in [5.74, 6) is -0.00306. The average Bonchev–Trinajstić information content (AvgIpc) is 2.64. The van der Waals surface area contributed by atoms with Crippen LogP contribution in [0.2, 0.25) is 0 Å². The van der Waals surface area contributed by atoms with E-state index in [1.165, 1.54) is 0 Å². The Morgan fingerprint density at radius 2 is 2.31 bits per heavy atom. The van der Waals surface area contributed by atoms with Crippen LogP contribution >= 0.6 is 0 Å². The number of sulfonamides is 1. The Hall–Kier alpha value is -0.390. The predicted molar refractivity (Wildman–Crippen MR) is 64.5 cm³/mol. The van der Waals surface area contributed by atoms with Crippen LogP contribution in [-0.2, 0) is 14.8 Å². The van der Waals surface area contributed by atoms with Crippen LogP contribution in [0.3, 0.4) is 0 Å². The molecule has 5 heteroatoms. The zero-order valence-electron chi connectivity index (χ0n) is 9.76. The van der Waals surface area contributed by atoms with Crippen LogP contribution < -0.4 is 5.14 Å². The molecule has 0 aliphatic carbocycles. The largest absolute Gasteiger partial charge is 0.378 e. The van der Waals surface area contributed by atoms with Crippen molar-refractivity contribution in [1.29, 1.82) is 0 Å².